The standard InChI is InChI=1S/C17H18N2O2/c1-2-10-21-15-7-5-13(6-8-15)16-11-19-9-3-4-14(12-20)17(19)18-16/h3-9,11,20H,2,10,12H2,1H3. The number of fused-ring (bicyclic) bond motifs is 1. The molecule has 0 atom stereocenters. The number of rotatable bonds is 5. The van der Waals surface area contributed by atoms with Crippen LogP contribution in [0.2, 0.25) is 0 Å². The molecule has 0 unspecified atom stereocenters. The van der Waals surface area contributed by atoms with Crippen molar-refractivity contribution in [3.05, 3.63) is 54.4 Å². The van der Waals surface area contributed by atoms with Crippen LogP contribution in [0, 0.1) is 0 Å². The van der Waals surface area contributed by atoms with Crippen LogP contribution in [-0.4, -0.2) is 21.1 Å². The summed E-state index contributed by atoms with van der Waals surface area (Å²) in [7, 11) is 0. The lowest BCUT2D eigenvalue weighted by Crippen LogP contribution is -1.94. The first kappa shape index (κ1) is 13.6. The van der Waals surface area contributed by atoms with Crippen LogP contribution >= 0.6 is 0 Å². The topological polar surface area (TPSA) is 46.8 Å². The molecule has 108 valence electrons. The van der Waals surface area contributed by atoms with Crippen molar-refractivity contribution < 1.29 is 9.84 Å². The maximum atomic E-state index is 9.36. The second-order valence-corrected chi connectivity index (χ2v) is 4.92. The summed E-state index contributed by atoms with van der Waals surface area (Å²) in [5.41, 5.74) is 3.54. The van der Waals surface area contributed by atoms with Gasteiger partial charge in [-0.3, -0.25) is 0 Å². The Morgan fingerprint density at radius 1 is 1.19 bits per heavy atom. The molecule has 0 fully saturated rings. The minimum absolute atomic E-state index is 0.00934. The fraction of sp³-hybridized carbons (Fsp3) is 0.235. The van der Waals surface area contributed by atoms with Crippen molar-refractivity contribution in [3.8, 4) is 17.0 Å². The molecule has 1 N–H and O–H groups in total. The quantitative estimate of drug-likeness (QED) is 0.781. The van der Waals surface area contributed by atoms with E-state index in [1.54, 1.807) is 0 Å². The molecule has 0 saturated carbocycles. The number of ether oxygens (including phenoxy) is 1. The van der Waals surface area contributed by atoms with E-state index in [2.05, 4.69) is 11.9 Å². The summed E-state index contributed by atoms with van der Waals surface area (Å²) < 4.78 is 7.52. The van der Waals surface area contributed by atoms with Crippen molar-refractivity contribution in [3.63, 3.8) is 0 Å². The number of benzene rings is 1. The highest BCUT2D eigenvalue weighted by Crippen LogP contribution is 2.23. The molecule has 0 saturated heterocycles. The highest BCUT2D eigenvalue weighted by molar-refractivity contribution is 5.64. The molecule has 2 aromatic heterocycles. The molecule has 0 bridgehead atoms. The average molecular weight is 282 g/mol. The van der Waals surface area contributed by atoms with E-state index in [1.165, 1.54) is 0 Å². The maximum Gasteiger partial charge on any atom is 0.142 e. The summed E-state index contributed by atoms with van der Waals surface area (Å²) >= 11 is 0. The smallest absolute Gasteiger partial charge is 0.142 e. The molecule has 0 amide bonds. The number of pyridine rings is 1. The zero-order valence-electron chi connectivity index (χ0n) is 12.0. The predicted molar refractivity (Wildman–Crippen MR) is 82.3 cm³/mol. The second kappa shape index (κ2) is 5.97. The number of aliphatic hydroxyl groups excluding tert-OH is 1. The van der Waals surface area contributed by atoms with Gasteiger partial charge in [-0.05, 0) is 36.8 Å². The molecule has 3 rings (SSSR count). The van der Waals surface area contributed by atoms with Crippen LogP contribution in [0.25, 0.3) is 16.9 Å². The molecular weight excluding hydrogens is 264 g/mol. The fourth-order valence-corrected chi connectivity index (χ4v) is 2.28. The second-order valence-electron chi connectivity index (χ2n) is 4.92. The largest absolute Gasteiger partial charge is 0.494 e. The number of hydrogen-bond donors (Lipinski definition) is 1. The number of aromatic nitrogens is 2. The van der Waals surface area contributed by atoms with Gasteiger partial charge < -0.3 is 14.2 Å². The average Bonchev–Trinajstić information content (AvgIpc) is 2.97. The predicted octanol–water partition coefficient (Wildman–Crippen LogP) is 3.28. The molecule has 4 heteroatoms. The first-order valence-electron chi connectivity index (χ1n) is 7.12. The third-order valence-electron chi connectivity index (χ3n) is 3.36. The Hall–Kier alpha value is -2.33. The minimum Gasteiger partial charge on any atom is -0.494 e. The van der Waals surface area contributed by atoms with Crippen molar-refractivity contribution in [2.75, 3.05) is 6.61 Å². The molecule has 0 aliphatic rings. The van der Waals surface area contributed by atoms with Gasteiger partial charge in [0.05, 0.1) is 18.9 Å². The van der Waals surface area contributed by atoms with Crippen molar-refractivity contribution in [2.24, 2.45) is 0 Å². The Labute approximate surface area is 123 Å². The van der Waals surface area contributed by atoms with Crippen LogP contribution < -0.4 is 4.74 Å². The van der Waals surface area contributed by atoms with Crippen molar-refractivity contribution in [2.45, 2.75) is 20.0 Å². The molecule has 0 spiro atoms. The molecule has 21 heavy (non-hydrogen) atoms. The van der Waals surface area contributed by atoms with Crippen LogP contribution in [-0.2, 0) is 6.61 Å². The Morgan fingerprint density at radius 2 is 2.00 bits per heavy atom. The van der Waals surface area contributed by atoms with E-state index in [-0.39, 0.29) is 6.61 Å². The highest BCUT2D eigenvalue weighted by atomic mass is 16.5. The van der Waals surface area contributed by atoms with Gasteiger partial charge in [-0.1, -0.05) is 13.0 Å². The van der Waals surface area contributed by atoms with Crippen LogP contribution in [0.15, 0.2) is 48.8 Å². The van der Waals surface area contributed by atoms with Crippen molar-refractivity contribution in [1.82, 2.24) is 9.38 Å². The summed E-state index contributed by atoms with van der Waals surface area (Å²) in [6, 6.07) is 11.7. The molecule has 3 aromatic rings. The number of imidazole rings is 1. The Morgan fingerprint density at radius 3 is 2.71 bits per heavy atom. The van der Waals surface area contributed by atoms with Gasteiger partial charge in [-0.15, -0.1) is 0 Å². The molecule has 2 heterocycles. The van der Waals surface area contributed by atoms with Gasteiger partial charge in [0.2, 0.25) is 0 Å². The van der Waals surface area contributed by atoms with Gasteiger partial charge in [-0.2, -0.15) is 0 Å². The van der Waals surface area contributed by atoms with Crippen LogP contribution in [0.5, 0.6) is 5.75 Å². The zero-order valence-corrected chi connectivity index (χ0v) is 12.0. The lowest BCUT2D eigenvalue weighted by molar-refractivity contribution is 0.282. The summed E-state index contributed by atoms with van der Waals surface area (Å²) in [6.07, 6.45) is 4.90. The SMILES string of the molecule is CCCOc1ccc(-c2cn3cccc(CO)c3n2)cc1. The number of hydrogen-bond acceptors (Lipinski definition) is 3. The van der Waals surface area contributed by atoms with Gasteiger partial charge in [0.15, 0.2) is 0 Å². The van der Waals surface area contributed by atoms with Crippen molar-refractivity contribution in [1.29, 1.82) is 0 Å². The van der Waals surface area contributed by atoms with Crippen LogP contribution in [0.3, 0.4) is 0 Å². The van der Waals surface area contributed by atoms with E-state index in [1.807, 2.05) is 53.2 Å². The van der Waals surface area contributed by atoms with Crippen LogP contribution in [0.1, 0.15) is 18.9 Å². The Kier molecular flexibility index (Phi) is 3.88. The van der Waals surface area contributed by atoms with Gasteiger partial charge in [-0.25, -0.2) is 4.98 Å². The summed E-state index contributed by atoms with van der Waals surface area (Å²) in [5.74, 6) is 0.875. The van der Waals surface area contributed by atoms with Gasteiger partial charge >= 0.3 is 0 Å². The maximum absolute atomic E-state index is 9.36. The molecular formula is C17H18N2O2. The molecule has 4 nitrogen and oxygen atoms in total. The zero-order chi connectivity index (χ0) is 14.7. The van der Waals surface area contributed by atoms with Gasteiger partial charge in [0.25, 0.3) is 0 Å². The van der Waals surface area contributed by atoms with Crippen molar-refractivity contribution >= 4 is 5.65 Å². The van der Waals surface area contributed by atoms with E-state index >= 15 is 0 Å². The monoisotopic (exact) mass is 282 g/mol. The summed E-state index contributed by atoms with van der Waals surface area (Å²) in [4.78, 5) is 4.61. The normalized spacial score (nSPS) is 11.0. The van der Waals surface area contributed by atoms with E-state index in [4.69, 9.17) is 4.74 Å². The first-order valence-corrected chi connectivity index (χ1v) is 7.12. The van der Waals surface area contributed by atoms with Gasteiger partial charge in [0.1, 0.15) is 11.4 Å². The van der Waals surface area contributed by atoms with Gasteiger partial charge in [0, 0.05) is 23.5 Å². The van der Waals surface area contributed by atoms with E-state index in [9.17, 15) is 5.11 Å². The van der Waals surface area contributed by atoms with E-state index in [0.717, 1.165) is 41.2 Å². The Bertz CT molecular complexity index is 732. The Balaban J connectivity index is 1.93. The first-order chi connectivity index (χ1) is 10.3. The highest BCUT2D eigenvalue weighted by Gasteiger charge is 2.07. The van der Waals surface area contributed by atoms with E-state index < -0.39 is 0 Å². The molecule has 0 radical (unpaired) electrons. The fourth-order valence-electron chi connectivity index (χ4n) is 2.28. The van der Waals surface area contributed by atoms with Crippen LogP contribution in [0.4, 0.5) is 0 Å². The molecule has 0 aliphatic carbocycles. The lowest BCUT2D eigenvalue weighted by atomic mass is 10.2. The minimum atomic E-state index is -0.00934. The lowest BCUT2D eigenvalue weighted by Gasteiger charge is -2.04. The third-order valence-corrected chi connectivity index (χ3v) is 3.36. The third kappa shape index (κ3) is 2.76. The number of aliphatic hydroxyl groups is 1. The number of nitrogens with zero attached hydrogens (tertiary/aromatic N) is 2. The molecule has 1 aromatic carbocycles. The van der Waals surface area contributed by atoms with E-state index in [0.29, 0.717) is 0 Å². The molecule has 0 aliphatic heterocycles. The summed E-state index contributed by atoms with van der Waals surface area (Å²) in [5, 5.41) is 9.36. The summed E-state index contributed by atoms with van der Waals surface area (Å²) in [6.45, 7) is 2.81.